The van der Waals surface area contributed by atoms with E-state index in [-0.39, 0.29) is 83.9 Å². The Bertz CT molecular complexity index is 2980. The second-order valence-electron chi connectivity index (χ2n) is 23.0. The zero-order valence-electron chi connectivity index (χ0n) is 53.2. The first-order valence-corrected chi connectivity index (χ1v) is 34.1. The van der Waals surface area contributed by atoms with E-state index >= 15 is 0 Å². The van der Waals surface area contributed by atoms with Gasteiger partial charge in [-0.25, -0.2) is 4.79 Å². The van der Waals surface area contributed by atoms with Gasteiger partial charge in [-0.1, -0.05) is 70.0 Å². The standard InChI is InChI=1S/C61H85IN4O23S3/c1-13-64-34-27-82-40(25-38(34)77-8)87-53-48(72)45(66-89-41-24-35(67)55(32(5)83-41)91-56(74)42-29(2)44(62)51(54(80-11)50(42)78-9)88-57-49(73)52(79-10)47(71)31(4)85-57)30(3)84-58(53)86-37-18-16-14-15-17-21-61(76)26-36(68)46(65-59(75)81-12)43(37)33(61)20-23-90-92-60(6,7)28-63-22-19-39(69)70/h14-15,20,30-32,34-35,37-38,40-41,45,47-49,52-53,55,57-58,63-64,66-67,71-73,76H,13,19,22-28H2,1-12H3,(H,65,75)(H,69,70)/b15-14+,33-20+/t30-,31+,32-,34+,35+,37+,38+,40+,41+,45-,47+,48+,49-,52-,53-,55-,57+,58+,61+/m1/s1. The van der Waals surface area contributed by atoms with E-state index in [0.717, 1.165) is 18.9 Å². The Hall–Kier alpha value is -3.86. The van der Waals surface area contributed by atoms with Gasteiger partial charge in [0.25, 0.3) is 0 Å². The number of likely N-dealkylation sites (N-methyl/N-ethyl adjacent to an activating group) is 1. The first kappa shape index (κ1) is 75.5. The largest absolute Gasteiger partial charge is 0.492 e. The Morgan fingerprint density at radius 3 is 2.26 bits per heavy atom. The summed E-state index contributed by atoms with van der Waals surface area (Å²) in [5.41, 5.74) is 1.02. The molecular formula is C61H85IN4O23S3. The predicted octanol–water partition coefficient (Wildman–Crippen LogP) is 2.76. The van der Waals surface area contributed by atoms with E-state index < -0.39 is 143 Å². The number of benzene rings is 1. The average Bonchev–Trinajstić information content (AvgIpc) is 0.762. The monoisotopic (exact) mass is 1460 g/mol. The van der Waals surface area contributed by atoms with Crippen LogP contribution in [0.25, 0.3) is 0 Å². The number of aliphatic carboxylic acids is 1. The fraction of sp³-hybridized carbons (Fsp3) is 0.672. The summed E-state index contributed by atoms with van der Waals surface area (Å²) in [6.07, 6.45) is -14.5. The minimum atomic E-state index is -2.14. The first-order chi connectivity index (χ1) is 43.7. The molecule has 4 aliphatic heterocycles. The normalized spacial score (nSPS) is 34.0. The quantitative estimate of drug-likeness (QED) is 0.0199. The van der Waals surface area contributed by atoms with Crippen molar-refractivity contribution < 1.29 is 111 Å². The van der Waals surface area contributed by atoms with Crippen molar-refractivity contribution in [1.82, 2.24) is 21.4 Å². The SMILES string of the molecule is CCN[C@H]1CO[C@@H](O[C@H]2[C@H](O[C@H]3C#C/C=C/C#C[C@]4(O)CC(=O)C(NC(=O)OC)=C3/C4=C\CSSC(C)(C)CNCCC(=O)O)O[C@H](C)[C@@H](NO[C@H]3C[C@H](O)[C@H](SC(=O)c4c(C)c(I)c(O[C@@H]5O[C@@H](C)[C@H](O)[C@@H](OC)[C@H]5O)c(OC)c4OC)[C@@H](C)O3)[C@@H]2O)C[C@@H]1OC. The number of aliphatic hydroxyl groups is 5. The van der Waals surface area contributed by atoms with Crippen LogP contribution in [-0.2, 0) is 57.1 Å². The third-order valence-corrected chi connectivity index (χ3v) is 21.8. The summed E-state index contributed by atoms with van der Waals surface area (Å²) in [6, 6.07) is -1.33. The second-order valence-corrected chi connectivity index (χ2v) is 28.3. The number of carbonyl (C=O) groups is 4. The highest BCUT2D eigenvalue weighted by Gasteiger charge is 2.52. The first-order valence-electron chi connectivity index (χ1n) is 29.9. The number of hydrogen-bond acceptors (Lipinski definition) is 28. The van der Waals surface area contributed by atoms with Crippen LogP contribution >= 0.6 is 55.9 Å². The molecule has 6 aliphatic rings. The van der Waals surface area contributed by atoms with Crippen LogP contribution in [0.5, 0.6) is 17.2 Å². The van der Waals surface area contributed by atoms with Gasteiger partial charge in [-0.15, -0.1) is 0 Å². The van der Waals surface area contributed by atoms with Crippen LogP contribution < -0.4 is 35.6 Å². The summed E-state index contributed by atoms with van der Waals surface area (Å²) in [5, 5.41) is 75.4. The van der Waals surface area contributed by atoms with Gasteiger partial charge < -0.3 is 98.1 Å². The molecule has 1 aromatic rings. The molecule has 2 aliphatic carbocycles. The zero-order valence-corrected chi connectivity index (χ0v) is 57.8. The Labute approximate surface area is 560 Å². The fourth-order valence-corrected chi connectivity index (χ4v) is 15.3. The maximum atomic E-state index is 14.5. The number of amides is 1. The van der Waals surface area contributed by atoms with Crippen LogP contribution in [0.2, 0.25) is 0 Å². The second kappa shape index (κ2) is 34.4. The summed E-state index contributed by atoms with van der Waals surface area (Å²) in [4.78, 5) is 59.1. The number of ether oxygens (including phenoxy) is 12. The maximum Gasteiger partial charge on any atom is 0.411 e. The lowest BCUT2D eigenvalue weighted by Crippen LogP contribution is -2.65. The highest BCUT2D eigenvalue weighted by molar-refractivity contribution is 14.1. The number of hydroxylamine groups is 1. The maximum absolute atomic E-state index is 14.5. The van der Waals surface area contributed by atoms with Gasteiger partial charge >= 0.3 is 12.1 Å². The number of fused-ring (bicyclic) bond motifs is 2. The number of carboxylic acids is 1. The predicted molar refractivity (Wildman–Crippen MR) is 345 cm³/mol. The van der Waals surface area contributed by atoms with Crippen molar-refractivity contribution >= 4 is 78.9 Å². The van der Waals surface area contributed by atoms with Gasteiger partial charge in [0.1, 0.15) is 36.6 Å². The minimum absolute atomic E-state index is 0.0151. The highest BCUT2D eigenvalue weighted by atomic mass is 127. The molecule has 10 N–H and O–H groups in total. The van der Waals surface area contributed by atoms with Gasteiger partial charge in [0, 0.05) is 61.8 Å². The van der Waals surface area contributed by atoms with Crippen molar-refractivity contribution in [3.63, 3.8) is 0 Å². The molecule has 0 spiro atoms. The van der Waals surface area contributed by atoms with Crippen LogP contribution in [0.15, 0.2) is 35.1 Å². The third kappa shape index (κ3) is 18.4. The number of carbonyl (C=O) groups excluding carboxylic acids is 3. The number of alkyl carbamates (subject to hydrolysis) is 1. The summed E-state index contributed by atoms with van der Waals surface area (Å²) in [5.74, 6) is 10.2. The molecule has 0 radical (unpaired) electrons. The summed E-state index contributed by atoms with van der Waals surface area (Å²) < 4.78 is 72.4. The average molecular weight is 1470 g/mol. The smallest absolute Gasteiger partial charge is 0.411 e. The van der Waals surface area contributed by atoms with Crippen LogP contribution in [0.3, 0.4) is 0 Å². The van der Waals surface area contributed by atoms with Gasteiger partial charge in [0.05, 0.1) is 103 Å². The molecule has 0 saturated carbocycles. The van der Waals surface area contributed by atoms with Gasteiger partial charge in [-0.3, -0.25) is 24.5 Å². The lowest BCUT2D eigenvalue weighted by atomic mass is 9.75. The molecule has 7 rings (SSSR count). The Balaban J connectivity index is 1.13. The molecule has 2 bridgehead atoms. The van der Waals surface area contributed by atoms with Gasteiger partial charge in [0.2, 0.25) is 17.2 Å². The lowest BCUT2D eigenvalue weighted by Gasteiger charge is -2.46. The van der Waals surface area contributed by atoms with E-state index in [9.17, 15) is 44.7 Å². The van der Waals surface area contributed by atoms with E-state index in [1.54, 1.807) is 40.9 Å². The molecule has 0 aromatic heterocycles. The van der Waals surface area contributed by atoms with Crippen LogP contribution in [0.4, 0.5) is 4.79 Å². The van der Waals surface area contributed by atoms with Crippen molar-refractivity contribution in [2.45, 2.75) is 194 Å². The number of halogens is 1. The number of hydrogen-bond donors (Lipinski definition) is 10. The molecule has 0 unspecified atom stereocenters. The van der Waals surface area contributed by atoms with Gasteiger partial charge in [-0.05, 0) is 88.4 Å². The van der Waals surface area contributed by atoms with Gasteiger partial charge in [-0.2, -0.15) is 5.48 Å². The summed E-state index contributed by atoms with van der Waals surface area (Å²) in [7, 11) is 9.65. The lowest BCUT2D eigenvalue weighted by molar-refractivity contribution is -0.336. The number of thioether (sulfide) groups is 1. The molecular weight excluding hydrogens is 1380 g/mol. The Morgan fingerprint density at radius 2 is 1.60 bits per heavy atom. The number of Topliss-reactive ketones (excluding diaryl/α,β-unsaturated/α-hetero) is 1. The number of carboxylic acid groups (broad SMARTS) is 1. The molecule has 4 saturated heterocycles. The van der Waals surface area contributed by atoms with E-state index in [1.807, 2.05) is 43.4 Å². The van der Waals surface area contributed by atoms with Gasteiger partial charge in [0.15, 0.2) is 41.8 Å². The summed E-state index contributed by atoms with van der Waals surface area (Å²) >= 11 is 2.81. The number of aliphatic hydroxyl groups excluding tert-OH is 4. The van der Waals surface area contributed by atoms with Crippen molar-refractivity contribution in [2.24, 2.45) is 0 Å². The highest BCUT2D eigenvalue weighted by Crippen LogP contribution is 2.49. The molecule has 512 valence electrons. The number of ketones is 1. The molecule has 27 nitrogen and oxygen atoms in total. The number of allylic oxidation sites excluding steroid dienone is 3. The number of nitrogens with one attached hydrogen (secondary N) is 4. The van der Waals surface area contributed by atoms with E-state index in [2.05, 4.69) is 45.1 Å². The molecule has 92 heavy (non-hydrogen) atoms. The third-order valence-electron chi connectivity index (χ3n) is 16.0. The van der Waals surface area contributed by atoms with Crippen LogP contribution in [0, 0.1) is 34.2 Å². The van der Waals surface area contributed by atoms with E-state index in [1.165, 1.54) is 55.1 Å². The zero-order chi connectivity index (χ0) is 67.4. The fourth-order valence-electron chi connectivity index (χ4n) is 11.2. The molecule has 31 heteroatoms. The van der Waals surface area contributed by atoms with Crippen molar-refractivity contribution in [3.8, 4) is 40.9 Å². The Morgan fingerprint density at radius 1 is 0.880 bits per heavy atom. The van der Waals surface area contributed by atoms with Crippen molar-refractivity contribution in [3.05, 3.63) is 49.8 Å². The molecule has 1 aromatic carbocycles. The van der Waals surface area contributed by atoms with Crippen molar-refractivity contribution in [1.29, 1.82) is 0 Å². The molecule has 1 amide bonds. The van der Waals surface area contributed by atoms with Crippen molar-refractivity contribution in [2.75, 3.05) is 67.5 Å². The molecule has 4 fully saturated rings. The van der Waals surface area contributed by atoms with Crippen LogP contribution in [-0.4, -0.2) is 241 Å². The van der Waals surface area contributed by atoms with E-state index in [0.29, 0.717) is 22.2 Å². The Kier molecular flexibility index (Phi) is 28.2. The molecule has 19 atom stereocenters. The van der Waals surface area contributed by atoms with Crippen LogP contribution in [0.1, 0.15) is 83.1 Å². The topological polar surface area (TPSA) is 358 Å². The summed E-state index contributed by atoms with van der Waals surface area (Å²) in [6.45, 7) is 14.0. The minimum Gasteiger partial charge on any atom is -0.492 e. The van der Waals surface area contributed by atoms with E-state index in [4.69, 9.17) is 66.8 Å². The number of methoxy groups -OCH3 is 5. The number of rotatable bonds is 27. The molecule has 4 heterocycles.